The van der Waals surface area contributed by atoms with Crippen LogP contribution in [0.4, 0.5) is 0 Å². The minimum atomic E-state index is 0.0152. The average molecular weight is 498 g/mol. The van der Waals surface area contributed by atoms with Crippen molar-refractivity contribution in [2.24, 2.45) is 0 Å². The van der Waals surface area contributed by atoms with E-state index in [1.54, 1.807) is 0 Å². The predicted octanol–water partition coefficient (Wildman–Crippen LogP) is 6.96. The molecule has 0 saturated heterocycles. The Bertz CT molecular complexity index is 1320. The van der Waals surface area contributed by atoms with Crippen molar-refractivity contribution in [2.75, 3.05) is 13.2 Å². The van der Waals surface area contributed by atoms with Gasteiger partial charge in [-0.1, -0.05) is 54.4 Å². The first-order valence-electron chi connectivity index (χ1n) is 13.5. The van der Waals surface area contributed by atoms with Crippen LogP contribution in [0.3, 0.4) is 0 Å². The van der Waals surface area contributed by atoms with E-state index in [2.05, 4.69) is 66.2 Å². The van der Waals surface area contributed by atoms with Crippen LogP contribution >= 0.6 is 0 Å². The van der Waals surface area contributed by atoms with Gasteiger partial charge in [-0.25, -0.2) is 4.98 Å². The van der Waals surface area contributed by atoms with E-state index in [1.807, 2.05) is 31.2 Å². The molecule has 194 valence electrons. The van der Waals surface area contributed by atoms with E-state index in [0.29, 0.717) is 6.54 Å². The predicted molar refractivity (Wildman–Crippen MR) is 151 cm³/mol. The van der Waals surface area contributed by atoms with E-state index < -0.39 is 0 Å². The zero-order valence-electron chi connectivity index (χ0n) is 22.4. The van der Waals surface area contributed by atoms with Crippen molar-refractivity contribution in [3.05, 3.63) is 94.8 Å². The molecule has 0 fully saturated rings. The molecule has 5 nitrogen and oxygen atoms in total. The van der Waals surface area contributed by atoms with E-state index in [1.165, 1.54) is 16.6 Å². The summed E-state index contributed by atoms with van der Waals surface area (Å²) in [6, 6.07) is 22.5. The Labute approximate surface area is 220 Å². The molecule has 37 heavy (non-hydrogen) atoms. The Balaban J connectivity index is 1.23. The van der Waals surface area contributed by atoms with Crippen molar-refractivity contribution in [3.8, 4) is 5.75 Å². The molecule has 0 aliphatic carbocycles. The number of ether oxygens (including phenoxy) is 1. The third kappa shape index (κ3) is 7.22. The van der Waals surface area contributed by atoms with Crippen LogP contribution in [0.5, 0.6) is 5.75 Å². The number of nitrogens with zero attached hydrogens (tertiary/aromatic N) is 2. The van der Waals surface area contributed by atoms with Crippen LogP contribution in [0.2, 0.25) is 0 Å². The molecule has 1 amide bonds. The molecule has 0 aliphatic rings. The summed E-state index contributed by atoms with van der Waals surface area (Å²) in [6.07, 6.45) is 6.07. The number of para-hydroxylation sites is 2. The highest BCUT2D eigenvalue weighted by molar-refractivity contribution is 5.95. The largest absolute Gasteiger partial charge is 0.493 e. The molecule has 4 rings (SSSR count). The van der Waals surface area contributed by atoms with Gasteiger partial charge >= 0.3 is 0 Å². The fourth-order valence-corrected chi connectivity index (χ4v) is 4.79. The Morgan fingerprint density at radius 3 is 2.51 bits per heavy atom. The van der Waals surface area contributed by atoms with E-state index in [4.69, 9.17) is 9.72 Å². The maximum Gasteiger partial charge on any atom is 0.251 e. The quantitative estimate of drug-likeness (QED) is 0.203. The monoisotopic (exact) mass is 497 g/mol. The summed E-state index contributed by atoms with van der Waals surface area (Å²) >= 11 is 0. The van der Waals surface area contributed by atoms with Crippen molar-refractivity contribution in [2.45, 2.75) is 65.8 Å². The summed E-state index contributed by atoms with van der Waals surface area (Å²) < 4.78 is 8.41. The SMILES string of the molecule is Cc1ccc(OCCCCn2c(CCCCCNC(=O)c3ccccc3C)nc3ccccc32)c(C)c1. The number of rotatable bonds is 13. The molecule has 1 aromatic heterocycles. The Hall–Kier alpha value is -3.60. The summed E-state index contributed by atoms with van der Waals surface area (Å²) in [4.78, 5) is 17.3. The second-order valence-electron chi connectivity index (χ2n) is 9.87. The molecule has 3 aromatic carbocycles. The van der Waals surface area contributed by atoms with Gasteiger partial charge in [0.25, 0.3) is 5.91 Å². The highest BCUT2D eigenvalue weighted by Crippen LogP contribution is 2.21. The molecule has 0 spiro atoms. The number of fused-ring (bicyclic) bond motifs is 1. The third-order valence-electron chi connectivity index (χ3n) is 6.85. The van der Waals surface area contributed by atoms with Crippen molar-refractivity contribution in [1.29, 1.82) is 0 Å². The highest BCUT2D eigenvalue weighted by Gasteiger charge is 2.11. The fraction of sp³-hybridized carbons (Fsp3) is 0.375. The lowest BCUT2D eigenvalue weighted by atomic mass is 10.1. The normalized spacial score (nSPS) is 11.1. The van der Waals surface area contributed by atoms with Crippen LogP contribution in [0.15, 0.2) is 66.7 Å². The zero-order chi connectivity index (χ0) is 26.0. The first-order chi connectivity index (χ1) is 18.0. The number of hydrogen-bond acceptors (Lipinski definition) is 3. The van der Waals surface area contributed by atoms with Gasteiger partial charge in [-0.15, -0.1) is 0 Å². The van der Waals surface area contributed by atoms with E-state index in [9.17, 15) is 4.79 Å². The summed E-state index contributed by atoms with van der Waals surface area (Å²) in [6.45, 7) is 8.54. The van der Waals surface area contributed by atoms with Crippen molar-refractivity contribution in [3.63, 3.8) is 0 Å². The van der Waals surface area contributed by atoms with Gasteiger partial charge < -0.3 is 14.6 Å². The van der Waals surface area contributed by atoms with Crippen LogP contribution in [-0.2, 0) is 13.0 Å². The third-order valence-corrected chi connectivity index (χ3v) is 6.85. The molecule has 0 unspecified atom stereocenters. The number of nitrogens with one attached hydrogen (secondary N) is 1. The molecule has 0 bridgehead atoms. The van der Waals surface area contributed by atoms with E-state index in [0.717, 1.165) is 79.9 Å². The van der Waals surface area contributed by atoms with Crippen molar-refractivity contribution in [1.82, 2.24) is 14.9 Å². The molecule has 1 N–H and O–H groups in total. The Morgan fingerprint density at radius 2 is 1.68 bits per heavy atom. The van der Waals surface area contributed by atoms with Crippen molar-refractivity contribution < 1.29 is 9.53 Å². The topological polar surface area (TPSA) is 56.1 Å². The smallest absolute Gasteiger partial charge is 0.251 e. The number of carbonyl (C=O) groups excluding carboxylic acids is 1. The van der Waals surface area contributed by atoms with Gasteiger partial charge in [0, 0.05) is 25.1 Å². The van der Waals surface area contributed by atoms with Gasteiger partial charge in [-0.05, 0) is 81.8 Å². The van der Waals surface area contributed by atoms with Gasteiger partial charge in [0.15, 0.2) is 0 Å². The minimum Gasteiger partial charge on any atom is -0.493 e. The fourth-order valence-electron chi connectivity index (χ4n) is 4.79. The van der Waals surface area contributed by atoms with Crippen molar-refractivity contribution >= 4 is 16.9 Å². The second-order valence-corrected chi connectivity index (χ2v) is 9.87. The lowest BCUT2D eigenvalue weighted by molar-refractivity contribution is 0.0952. The number of imidazole rings is 1. The maximum atomic E-state index is 12.4. The molecular weight excluding hydrogens is 458 g/mol. The molecule has 0 aliphatic heterocycles. The van der Waals surface area contributed by atoms with Crippen LogP contribution in [0.1, 0.15) is 65.0 Å². The Kier molecular flexibility index (Phi) is 9.36. The second kappa shape index (κ2) is 13.1. The Morgan fingerprint density at radius 1 is 0.865 bits per heavy atom. The van der Waals surface area contributed by atoms with Gasteiger partial charge in [0.05, 0.1) is 17.6 Å². The number of aryl methyl sites for hydroxylation is 5. The number of carbonyl (C=O) groups is 1. The van der Waals surface area contributed by atoms with Gasteiger partial charge in [0.2, 0.25) is 0 Å². The number of amides is 1. The van der Waals surface area contributed by atoms with Crippen LogP contribution in [0, 0.1) is 20.8 Å². The highest BCUT2D eigenvalue weighted by atomic mass is 16.5. The minimum absolute atomic E-state index is 0.0152. The first kappa shape index (κ1) is 26.5. The van der Waals surface area contributed by atoms with Gasteiger partial charge in [0.1, 0.15) is 11.6 Å². The molecule has 0 atom stereocenters. The lowest BCUT2D eigenvalue weighted by Gasteiger charge is -2.12. The summed E-state index contributed by atoms with van der Waals surface area (Å²) in [5.74, 6) is 2.15. The maximum absolute atomic E-state index is 12.4. The molecule has 1 heterocycles. The van der Waals surface area contributed by atoms with Crippen LogP contribution < -0.4 is 10.1 Å². The number of unbranched alkanes of at least 4 members (excludes halogenated alkanes) is 3. The average Bonchev–Trinajstić information content (AvgIpc) is 3.24. The lowest BCUT2D eigenvalue weighted by Crippen LogP contribution is -2.25. The summed E-state index contributed by atoms with van der Waals surface area (Å²) in [5, 5.41) is 3.06. The number of hydrogen-bond donors (Lipinski definition) is 1. The number of aromatic nitrogens is 2. The van der Waals surface area contributed by atoms with Crippen LogP contribution in [0.25, 0.3) is 11.0 Å². The molecule has 4 aromatic rings. The zero-order valence-corrected chi connectivity index (χ0v) is 22.4. The molecule has 0 radical (unpaired) electrons. The summed E-state index contributed by atoms with van der Waals surface area (Å²) in [5.41, 5.74) is 6.49. The standard InChI is InChI=1S/C32H39N3O2/c1-24-18-19-30(26(3)23-24)37-22-12-11-21-35-29-16-9-8-15-28(29)34-31(35)17-5-4-10-20-33-32(36)27-14-7-6-13-25(27)2/h6-9,13-16,18-19,23H,4-5,10-12,17,20-22H2,1-3H3,(H,33,36). The number of benzene rings is 3. The first-order valence-corrected chi connectivity index (χ1v) is 13.5. The van der Waals surface area contributed by atoms with E-state index in [-0.39, 0.29) is 5.91 Å². The van der Waals surface area contributed by atoms with E-state index >= 15 is 0 Å². The molecule has 0 saturated carbocycles. The summed E-state index contributed by atoms with van der Waals surface area (Å²) in [7, 11) is 0. The van der Waals surface area contributed by atoms with Gasteiger partial charge in [-0.3, -0.25) is 4.79 Å². The van der Waals surface area contributed by atoms with Gasteiger partial charge in [-0.2, -0.15) is 0 Å². The molecule has 5 heteroatoms. The molecular formula is C32H39N3O2. The van der Waals surface area contributed by atoms with Crippen LogP contribution in [-0.4, -0.2) is 28.6 Å².